The summed E-state index contributed by atoms with van der Waals surface area (Å²) in [5, 5.41) is 18.2. The SMILES string of the molecule is C=P(c1cccc(F)c1)(c1ccc2ccc3cccc4ccc1c2c34)c1ccc2ccc3cccc4ccc1c2c34. The van der Waals surface area contributed by atoms with E-state index < -0.39 is 6.89 Å². The maximum absolute atomic E-state index is 15.0. The van der Waals surface area contributed by atoms with Crippen LogP contribution in [0.4, 0.5) is 4.39 Å². The highest BCUT2D eigenvalue weighted by Crippen LogP contribution is 2.49. The molecule has 0 saturated carbocycles. The van der Waals surface area contributed by atoms with Crippen molar-refractivity contribution in [1.29, 1.82) is 0 Å². The molecule has 0 aliphatic heterocycles. The van der Waals surface area contributed by atoms with E-state index in [1.165, 1.54) is 81.3 Å². The highest BCUT2D eigenvalue weighted by molar-refractivity contribution is 7.94. The second-order valence-corrected chi connectivity index (χ2v) is 14.3. The summed E-state index contributed by atoms with van der Waals surface area (Å²) in [5.74, 6) is -0.231. The zero-order chi connectivity index (χ0) is 27.3. The molecule has 0 atom stereocenters. The van der Waals surface area contributed by atoms with Gasteiger partial charge in [-0.1, -0.05) is 128 Å². The quantitative estimate of drug-likeness (QED) is 0.154. The summed E-state index contributed by atoms with van der Waals surface area (Å²) in [6.45, 7) is -2.56. The molecule has 9 rings (SSSR count). The molecule has 41 heavy (non-hydrogen) atoms. The van der Waals surface area contributed by atoms with Crippen molar-refractivity contribution >= 4 is 93.7 Å². The van der Waals surface area contributed by atoms with Crippen molar-refractivity contribution in [2.45, 2.75) is 0 Å². The van der Waals surface area contributed by atoms with E-state index in [9.17, 15) is 4.39 Å². The lowest BCUT2D eigenvalue weighted by Crippen LogP contribution is -2.27. The van der Waals surface area contributed by atoms with Crippen LogP contribution in [0.3, 0.4) is 0 Å². The van der Waals surface area contributed by atoms with E-state index in [1.807, 2.05) is 6.07 Å². The van der Waals surface area contributed by atoms with E-state index in [2.05, 4.69) is 115 Å². The topological polar surface area (TPSA) is 0 Å². The Morgan fingerprint density at radius 2 is 0.805 bits per heavy atom. The van der Waals surface area contributed by atoms with E-state index in [-0.39, 0.29) is 5.82 Å². The molecular weight excluding hydrogens is 518 g/mol. The molecule has 0 spiro atoms. The molecule has 0 fully saturated rings. The predicted octanol–water partition coefficient (Wildman–Crippen LogP) is 9.35. The third-order valence-corrected chi connectivity index (χ3v) is 12.7. The molecular formula is C39H24FP. The average Bonchev–Trinajstić information content (AvgIpc) is 3.02. The smallest absolute Gasteiger partial charge is 0.123 e. The van der Waals surface area contributed by atoms with Gasteiger partial charge in [-0.3, -0.25) is 0 Å². The van der Waals surface area contributed by atoms with Gasteiger partial charge in [0.2, 0.25) is 0 Å². The van der Waals surface area contributed by atoms with Crippen molar-refractivity contribution in [2.75, 3.05) is 0 Å². The molecule has 0 bridgehead atoms. The van der Waals surface area contributed by atoms with Gasteiger partial charge in [0, 0.05) is 0 Å². The van der Waals surface area contributed by atoms with Crippen LogP contribution in [0.15, 0.2) is 133 Å². The molecule has 0 unspecified atom stereocenters. The van der Waals surface area contributed by atoms with Crippen molar-refractivity contribution in [3.05, 3.63) is 139 Å². The minimum Gasteiger partial charge on any atom is -0.207 e. The van der Waals surface area contributed by atoms with Gasteiger partial charge in [0.25, 0.3) is 0 Å². The lowest BCUT2D eigenvalue weighted by atomic mass is 9.94. The third-order valence-electron chi connectivity index (χ3n) is 9.08. The van der Waals surface area contributed by atoms with E-state index in [4.69, 9.17) is 6.30 Å². The molecule has 0 saturated heterocycles. The molecule has 0 N–H and O–H groups in total. The van der Waals surface area contributed by atoms with E-state index in [0.29, 0.717) is 0 Å². The predicted molar refractivity (Wildman–Crippen MR) is 180 cm³/mol. The Labute approximate surface area is 236 Å². The first-order valence-corrected chi connectivity index (χ1v) is 15.9. The van der Waals surface area contributed by atoms with Gasteiger partial charge in [-0.05, 0) is 99.6 Å². The molecule has 0 aliphatic carbocycles. The normalized spacial score (nSPS) is 12.6. The molecule has 0 aliphatic rings. The van der Waals surface area contributed by atoms with E-state index in [1.54, 1.807) is 6.07 Å². The molecule has 9 aromatic rings. The van der Waals surface area contributed by atoms with Gasteiger partial charge in [-0.2, -0.15) is 0 Å². The van der Waals surface area contributed by atoms with Crippen molar-refractivity contribution in [2.24, 2.45) is 0 Å². The lowest BCUT2D eigenvalue weighted by Gasteiger charge is -2.30. The maximum atomic E-state index is 15.0. The molecule has 0 nitrogen and oxygen atoms in total. The largest absolute Gasteiger partial charge is 0.207 e. The number of benzene rings is 9. The van der Waals surface area contributed by atoms with Crippen molar-refractivity contribution in [3.8, 4) is 0 Å². The fourth-order valence-corrected chi connectivity index (χ4v) is 10.6. The van der Waals surface area contributed by atoms with Gasteiger partial charge < -0.3 is 0 Å². The Morgan fingerprint density at radius 1 is 0.415 bits per heavy atom. The van der Waals surface area contributed by atoms with Gasteiger partial charge in [0.15, 0.2) is 0 Å². The minimum atomic E-state index is -2.56. The standard InChI is InChI=1S/C39H24FP/c1-41(31-10-4-9-30(40)23-31,34-21-17-28-13-11-24-5-2-7-26-15-19-32(34)38(28)36(24)26)35-22-18-29-14-12-25-6-3-8-27-16-20-33(35)39(29)37(25)27/h2-23H,1H2. The molecule has 9 aromatic carbocycles. The summed E-state index contributed by atoms with van der Waals surface area (Å²) in [4.78, 5) is 0. The van der Waals surface area contributed by atoms with Gasteiger partial charge >= 0.3 is 0 Å². The average molecular weight is 543 g/mol. The van der Waals surface area contributed by atoms with Crippen LogP contribution in [0.25, 0.3) is 64.6 Å². The molecule has 192 valence electrons. The monoisotopic (exact) mass is 542 g/mol. The van der Waals surface area contributed by atoms with Crippen molar-refractivity contribution in [1.82, 2.24) is 0 Å². The Bertz CT molecular complexity index is 2340. The number of hydrogen-bond donors (Lipinski definition) is 0. The first-order valence-electron chi connectivity index (χ1n) is 13.9. The zero-order valence-electron chi connectivity index (χ0n) is 22.2. The van der Waals surface area contributed by atoms with Crippen LogP contribution in [0.2, 0.25) is 0 Å². The van der Waals surface area contributed by atoms with Gasteiger partial charge in [-0.25, -0.2) is 4.39 Å². The van der Waals surface area contributed by atoms with Crippen LogP contribution in [0.5, 0.6) is 0 Å². The summed E-state index contributed by atoms with van der Waals surface area (Å²) in [5.41, 5.74) is 0. The van der Waals surface area contributed by atoms with E-state index >= 15 is 0 Å². The Kier molecular flexibility index (Phi) is 4.59. The molecule has 2 heteroatoms. The number of rotatable bonds is 3. The fraction of sp³-hybridized carbons (Fsp3) is 0. The van der Waals surface area contributed by atoms with Gasteiger partial charge in [-0.15, -0.1) is 0 Å². The van der Waals surface area contributed by atoms with Crippen LogP contribution < -0.4 is 15.9 Å². The summed E-state index contributed by atoms with van der Waals surface area (Å²) in [7, 11) is 0. The minimum absolute atomic E-state index is 0.231. The summed E-state index contributed by atoms with van der Waals surface area (Å²) in [6, 6.07) is 47.0. The van der Waals surface area contributed by atoms with Crippen LogP contribution in [-0.2, 0) is 0 Å². The Balaban J connectivity index is 1.47. The summed E-state index contributed by atoms with van der Waals surface area (Å²) in [6.07, 6.45) is 5.13. The second-order valence-electron chi connectivity index (χ2n) is 11.2. The number of halogens is 1. The summed E-state index contributed by atoms with van der Waals surface area (Å²) >= 11 is 0. The van der Waals surface area contributed by atoms with Gasteiger partial charge in [0.1, 0.15) is 5.82 Å². The van der Waals surface area contributed by atoms with Crippen molar-refractivity contribution in [3.63, 3.8) is 0 Å². The highest BCUT2D eigenvalue weighted by atomic mass is 31.2. The first-order chi connectivity index (χ1) is 20.1. The molecule has 0 heterocycles. The van der Waals surface area contributed by atoms with Crippen LogP contribution >= 0.6 is 6.89 Å². The van der Waals surface area contributed by atoms with Crippen LogP contribution in [0.1, 0.15) is 0 Å². The van der Waals surface area contributed by atoms with Crippen molar-refractivity contribution < 1.29 is 4.39 Å². The first kappa shape index (κ1) is 23.0. The molecule has 0 aromatic heterocycles. The molecule has 0 radical (unpaired) electrons. The highest BCUT2D eigenvalue weighted by Gasteiger charge is 2.28. The van der Waals surface area contributed by atoms with E-state index in [0.717, 1.165) is 5.30 Å². The third kappa shape index (κ3) is 3.05. The lowest BCUT2D eigenvalue weighted by molar-refractivity contribution is 0.629. The van der Waals surface area contributed by atoms with Gasteiger partial charge in [0.05, 0.1) is 0 Å². The number of hydrogen-bond acceptors (Lipinski definition) is 0. The summed E-state index contributed by atoms with van der Waals surface area (Å²) < 4.78 is 15.0. The molecule has 0 amide bonds. The van der Waals surface area contributed by atoms with Crippen LogP contribution in [0, 0.1) is 5.82 Å². The Morgan fingerprint density at radius 3 is 1.27 bits per heavy atom. The Hall–Kier alpha value is -4.71. The maximum Gasteiger partial charge on any atom is 0.123 e. The zero-order valence-corrected chi connectivity index (χ0v) is 23.1. The van der Waals surface area contributed by atoms with Crippen LogP contribution in [-0.4, -0.2) is 6.30 Å². The fourth-order valence-electron chi connectivity index (χ4n) is 7.23. The second kappa shape index (κ2) is 8.16.